The Morgan fingerprint density at radius 2 is 1.71 bits per heavy atom. The second-order valence-corrected chi connectivity index (χ2v) is 4.94. The van der Waals surface area contributed by atoms with Crippen LogP contribution < -0.4 is 5.32 Å². The van der Waals surface area contributed by atoms with Crippen molar-refractivity contribution in [1.29, 1.82) is 0 Å². The summed E-state index contributed by atoms with van der Waals surface area (Å²) in [6, 6.07) is -0.0292. The molecule has 6 heteroatoms. The molecule has 0 aromatic heterocycles. The molecule has 2 aliphatic heterocycles. The van der Waals surface area contributed by atoms with Gasteiger partial charge in [0.1, 0.15) is 0 Å². The number of rotatable bonds is 2. The van der Waals surface area contributed by atoms with Gasteiger partial charge in [0.25, 0.3) is 0 Å². The molecule has 0 spiro atoms. The van der Waals surface area contributed by atoms with Crippen molar-refractivity contribution >= 4 is 17.8 Å². The molecule has 0 aromatic carbocycles. The van der Waals surface area contributed by atoms with Crippen molar-refractivity contribution in [2.45, 2.75) is 18.9 Å². The molecule has 0 bridgehead atoms. The number of likely N-dealkylation sites (tertiary alicyclic amines) is 1. The van der Waals surface area contributed by atoms with Crippen LogP contribution in [0, 0.1) is 17.8 Å². The molecular weight excluding hydrogens is 224 g/mol. The van der Waals surface area contributed by atoms with Crippen LogP contribution in [-0.4, -0.2) is 46.9 Å². The first-order chi connectivity index (χ1) is 8.13. The fraction of sp³-hybridized carbons (Fsp3) is 0.727. The van der Waals surface area contributed by atoms with E-state index in [2.05, 4.69) is 5.32 Å². The maximum atomic E-state index is 12.0. The maximum Gasteiger partial charge on any atom is 0.308 e. The Morgan fingerprint density at radius 1 is 1.18 bits per heavy atom. The van der Waals surface area contributed by atoms with Gasteiger partial charge in [-0.15, -0.1) is 0 Å². The fourth-order valence-corrected chi connectivity index (χ4v) is 3.09. The number of nitrogens with one attached hydrogen (secondary N) is 1. The molecule has 2 unspecified atom stereocenters. The monoisotopic (exact) mass is 238 g/mol. The Labute approximate surface area is 98.0 Å². The number of nitrogens with zero attached hydrogens (tertiary/aromatic N) is 1. The summed E-state index contributed by atoms with van der Waals surface area (Å²) in [5.41, 5.74) is 0. The second kappa shape index (κ2) is 3.53. The minimum absolute atomic E-state index is 0.0292. The maximum absolute atomic E-state index is 12.0. The van der Waals surface area contributed by atoms with Crippen LogP contribution in [-0.2, 0) is 14.4 Å². The van der Waals surface area contributed by atoms with Crippen LogP contribution in [0.1, 0.15) is 12.8 Å². The highest BCUT2D eigenvalue weighted by Gasteiger charge is 2.71. The van der Waals surface area contributed by atoms with E-state index >= 15 is 0 Å². The van der Waals surface area contributed by atoms with Gasteiger partial charge in [0, 0.05) is 6.04 Å². The van der Waals surface area contributed by atoms with Crippen molar-refractivity contribution in [1.82, 2.24) is 10.2 Å². The van der Waals surface area contributed by atoms with E-state index < -0.39 is 23.7 Å². The molecule has 0 radical (unpaired) electrons. The molecule has 6 nitrogen and oxygen atoms in total. The number of fused-ring (bicyclic) bond motifs is 1. The van der Waals surface area contributed by atoms with Crippen LogP contribution in [0.2, 0.25) is 0 Å². The van der Waals surface area contributed by atoms with Crippen LogP contribution in [0.4, 0.5) is 0 Å². The van der Waals surface area contributed by atoms with E-state index in [1.807, 2.05) is 0 Å². The minimum atomic E-state index is -1.02. The second-order valence-electron chi connectivity index (χ2n) is 4.94. The molecule has 2 atom stereocenters. The van der Waals surface area contributed by atoms with Crippen molar-refractivity contribution in [2.24, 2.45) is 17.8 Å². The van der Waals surface area contributed by atoms with Crippen molar-refractivity contribution < 1.29 is 19.5 Å². The lowest BCUT2D eigenvalue weighted by Crippen LogP contribution is -2.48. The van der Waals surface area contributed by atoms with Crippen molar-refractivity contribution in [3.63, 3.8) is 0 Å². The quantitative estimate of drug-likeness (QED) is 0.606. The van der Waals surface area contributed by atoms with Crippen LogP contribution in [0.25, 0.3) is 0 Å². The van der Waals surface area contributed by atoms with Gasteiger partial charge in [-0.05, 0) is 25.9 Å². The summed E-state index contributed by atoms with van der Waals surface area (Å²) in [5, 5.41) is 12.0. The lowest BCUT2D eigenvalue weighted by Gasteiger charge is -2.31. The van der Waals surface area contributed by atoms with Gasteiger partial charge < -0.3 is 10.4 Å². The zero-order valence-electron chi connectivity index (χ0n) is 9.26. The summed E-state index contributed by atoms with van der Waals surface area (Å²) >= 11 is 0. The van der Waals surface area contributed by atoms with E-state index in [-0.39, 0.29) is 17.9 Å². The zero-order chi connectivity index (χ0) is 12.2. The Hall–Kier alpha value is -1.43. The van der Waals surface area contributed by atoms with Gasteiger partial charge in [0.2, 0.25) is 11.8 Å². The normalized spacial score (nSPS) is 37.2. The number of carboxylic acid groups (broad SMARTS) is 1. The van der Waals surface area contributed by atoms with Gasteiger partial charge in [-0.25, -0.2) is 0 Å². The first-order valence-corrected chi connectivity index (χ1v) is 5.93. The van der Waals surface area contributed by atoms with Crippen LogP contribution in [0.5, 0.6) is 0 Å². The average Bonchev–Trinajstić information content (AvgIpc) is 3.00. The lowest BCUT2D eigenvalue weighted by atomic mass is 10.0. The third-order valence-corrected chi connectivity index (χ3v) is 4.02. The molecule has 3 rings (SSSR count). The number of carbonyl (C=O) groups excluding carboxylic acids is 2. The topological polar surface area (TPSA) is 86.7 Å². The van der Waals surface area contributed by atoms with Gasteiger partial charge in [-0.1, -0.05) is 0 Å². The number of imide groups is 1. The molecule has 2 saturated heterocycles. The Kier molecular flexibility index (Phi) is 2.22. The molecule has 3 aliphatic rings. The largest absolute Gasteiger partial charge is 0.481 e. The van der Waals surface area contributed by atoms with E-state index in [1.54, 1.807) is 0 Å². The van der Waals surface area contributed by atoms with E-state index in [0.717, 1.165) is 25.9 Å². The SMILES string of the molecule is O=C(O)C1C2C(=O)N(C3CCNCC3)C(=O)C12. The van der Waals surface area contributed by atoms with Gasteiger partial charge in [0.15, 0.2) is 0 Å². The first kappa shape index (κ1) is 10.7. The van der Waals surface area contributed by atoms with Gasteiger partial charge in [-0.3, -0.25) is 19.3 Å². The molecule has 92 valence electrons. The predicted molar refractivity (Wildman–Crippen MR) is 55.9 cm³/mol. The highest BCUT2D eigenvalue weighted by molar-refractivity contribution is 6.13. The molecule has 1 aliphatic carbocycles. The number of carbonyl (C=O) groups is 3. The number of aliphatic carboxylic acids is 1. The van der Waals surface area contributed by atoms with Crippen LogP contribution >= 0.6 is 0 Å². The van der Waals surface area contributed by atoms with Crippen molar-refractivity contribution in [3.8, 4) is 0 Å². The predicted octanol–water partition coefficient (Wildman–Crippen LogP) is -0.946. The van der Waals surface area contributed by atoms with Gasteiger partial charge in [-0.2, -0.15) is 0 Å². The highest BCUT2D eigenvalue weighted by Crippen LogP contribution is 2.54. The third kappa shape index (κ3) is 1.40. The van der Waals surface area contributed by atoms with Gasteiger partial charge >= 0.3 is 5.97 Å². The molecule has 3 fully saturated rings. The number of piperidine rings is 2. The van der Waals surface area contributed by atoms with Gasteiger partial charge in [0.05, 0.1) is 17.8 Å². The summed E-state index contributed by atoms with van der Waals surface area (Å²) in [4.78, 5) is 36.1. The Bertz CT molecular complexity index is 380. The summed E-state index contributed by atoms with van der Waals surface area (Å²) in [6.45, 7) is 1.61. The van der Waals surface area contributed by atoms with E-state index in [0.29, 0.717) is 0 Å². The Morgan fingerprint density at radius 3 is 2.18 bits per heavy atom. The fourth-order valence-electron chi connectivity index (χ4n) is 3.09. The number of hydrogen-bond donors (Lipinski definition) is 2. The highest BCUT2D eigenvalue weighted by atomic mass is 16.4. The molecule has 17 heavy (non-hydrogen) atoms. The molecule has 1 saturated carbocycles. The smallest absolute Gasteiger partial charge is 0.308 e. The summed E-state index contributed by atoms with van der Waals surface area (Å²) in [6.07, 6.45) is 1.54. The van der Waals surface area contributed by atoms with Crippen molar-refractivity contribution in [2.75, 3.05) is 13.1 Å². The van der Waals surface area contributed by atoms with Crippen molar-refractivity contribution in [3.05, 3.63) is 0 Å². The first-order valence-electron chi connectivity index (χ1n) is 5.93. The van der Waals surface area contributed by atoms with Crippen LogP contribution in [0.3, 0.4) is 0 Å². The van der Waals surface area contributed by atoms with Crippen LogP contribution in [0.15, 0.2) is 0 Å². The minimum Gasteiger partial charge on any atom is -0.481 e. The molecular formula is C11H14N2O4. The zero-order valence-corrected chi connectivity index (χ0v) is 9.26. The molecule has 2 N–H and O–H groups in total. The number of hydrogen-bond acceptors (Lipinski definition) is 4. The molecule has 0 aromatic rings. The number of amides is 2. The van der Waals surface area contributed by atoms with E-state index in [9.17, 15) is 14.4 Å². The summed E-state index contributed by atoms with van der Waals surface area (Å²) < 4.78 is 0. The lowest BCUT2D eigenvalue weighted by molar-refractivity contribution is -0.150. The summed E-state index contributed by atoms with van der Waals surface area (Å²) in [7, 11) is 0. The van der Waals surface area contributed by atoms with E-state index in [4.69, 9.17) is 5.11 Å². The molecule has 2 amide bonds. The summed E-state index contributed by atoms with van der Waals surface area (Å²) in [5.74, 6) is -3.46. The third-order valence-electron chi connectivity index (χ3n) is 4.02. The number of carboxylic acids is 1. The van der Waals surface area contributed by atoms with E-state index in [1.165, 1.54) is 4.90 Å². The standard InChI is InChI=1S/C11H14N2O4/c14-9-6-7(8(6)11(16)17)10(15)13(9)5-1-3-12-4-2-5/h5-8,12H,1-4H2,(H,16,17). The Balaban J connectivity index is 1.76. The average molecular weight is 238 g/mol. The molecule has 2 heterocycles.